The Hall–Kier alpha value is -1.19. The van der Waals surface area contributed by atoms with Crippen molar-refractivity contribution in [1.29, 1.82) is 0 Å². The zero-order chi connectivity index (χ0) is 11.4. The van der Waals surface area contributed by atoms with Crippen LogP contribution in [-0.4, -0.2) is 29.1 Å². The second kappa shape index (κ2) is 5.05. The van der Waals surface area contributed by atoms with E-state index < -0.39 is 4.92 Å². The summed E-state index contributed by atoms with van der Waals surface area (Å²) in [5.74, 6) is 0.256. The molecule has 7 nitrogen and oxygen atoms in total. The molecule has 0 atom stereocenters. The molecule has 1 aromatic rings. The number of rotatable bonds is 4. The van der Waals surface area contributed by atoms with Crippen LogP contribution < -0.4 is 9.47 Å². The van der Waals surface area contributed by atoms with E-state index in [4.69, 9.17) is 9.47 Å². The number of nitro groups is 1. The molecule has 0 aromatic carbocycles. The molecule has 0 spiro atoms. The topological polar surface area (TPSA) is 87.4 Å². The van der Waals surface area contributed by atoms with Crippen molar-refractivity contribution in [1.82, 2.24) is 9.97 Å². The molecule has 0 radical (unpaired) electrons. The lowest BCUT2D eigenvalue weighted by atomic mass is 10.4. The summed E-state index contributed by atoms with van der Waals surface area (Å²) in [6.45, 7) is 0. The highest BCUT2D eigenvalue weighted by Gasteiger charge is 2.26. The Labute approximate surface area is 99.1 Å². The van der Waals surface area contributed by atoms with Crippen molar-refractivity contribution < 1.29 is 14.4 Å². The second-order valence-electron chi connectivity index (χ2n) is 2.40. The largest absolute Gasteiger partial charge is 0.476 e. The van der Waals surface area contributed by atoms with E-state index in [0.717, 1.165) is 0 Å². The van der Waals surface area contributed by atoms with Crippen LogP contribution in [0.2, 0.25) is 0 Å². The van der Waals surface area contributed by atoms with Crippen LogP contribution in [0.1, 0.15) is 5.82 Å². The summed E-state index contributed by atoms with van der Waals surface area (Å²) in [7, 11) is 2.62. The maximum absolute atomic E-state index is 10.7. The third-order valence-corrected chi connectivity index (χ3v) is 2.24. The first-order valence-electron chi connectivity index (χ1n) is 3.83. The van der Waals surface area contributed by atoms with E-state index in [1.807, 2.05) is 22.6 Å². The first kappa shape index (κ1) is 11.9. The fourth-order valence-electron chi connectivity index (χ4n) is 0.957. The third kappa shape index (κ3) is 2.43. The first-order valence-corrected chi connectivity index (χ1v) is 5.35. The van der Waals surface area contributed by atoms with E-state index in [-0.39, 0.29) is 17.4 Å². The molecule has 0 aliphatic heterocycles. The molecule has 0 saturated carbocycles. The van der Waals surface area contributed by atoms with Crippen molar-refractivity contribution in [3.05, 3.63) is 15.9 Å². The quantitative estimate of drug-likeness (QED) is 0.359. The van der Waals surface area contributed by atoms with Crippen LogP contribution in [0, 0.1) is 10.1 Å². The molecule has 0 aliphatic rings. The molecular weight excluding hydrogens is 317 g/mol. The summed E-state index contributed by atoms with van der Waals surface area (Å²) < 4.78 is 10.1. The van der Waals surface area contributed by atoms with Gasteiger partial charge in [0.15, 0.2) is 0 Å². The highest BCUT2D eigenvalue weighted by Crippen LogP contribution is 2.33. The Morgan fingerprint density at radius 2 is 1.80 bits per heavy atom. The van der Waals surface area contributed by atoms with Gasteiger partial charge in [0.25, 0.3) is 0 Å². The molecule has 1 heterocycles. The van der Waals surface area contributed by atoms with Gasteiger partial charge in [-0.25, -0.2) is 0 Å². The average molecular weight is 325 g/mol. The van der Waals surface area contributed by atoms with Crippen molar-refractivity contribution >= 4 is 28.3 Å². The summed E-state index contributed by atoms with van der Waals surface area (Å²) >= 11 is 2.04. The zero-order valence-electron chi connectivity index (χ0n) is 8.06. The standard InChI is InChI=1S/C7H8IN3O4/c1-14-6-5(11(12)13)7(15-2)10-4(3-8)9-6/h3H2,1-2H3. The van der Waals surface area contributed by atoms with E-state index in [9.17, 15) is 10.1 Å². The lowest BCUT2D eigenvalue weighted by molar-refractivity contribution is -0.387. The van der Waals surface area contributed by atoms with Gasteiger partial charge >= 0.3 is 17.4 Å². The fourth-order valence-corrected chi connectivity index (χ4v) is 1.30. The van der Waals surface area contributed by atoms with Crippen LogP contribution in [0.25, 0.3) is 0 Å². The van der Waals surface area contributed by atoms with Crippen molar-refractivity contribution in [2.24, 2.45) is 0 Å². The van der Waals surface area contributed by atoms with Gasteiger partial charge in [-0.3, -0.25) is 10.1 Å². The van der Waals surface area contributed by atoms with Gasteiger partial charge < -0.3 is 9.47 Å². The number of nitrogens with zero attached hydrogens (tertiary/aromatic N) is 3. The Kier molecular flexibility index (Phi) is 4.00. The van der Waals surface area contributed by atoms with Crippen LogP contribution in [0.4, 0.5) is 5.69 Å². The highest BCUT2D eigenvalue weighted by atomic mass is 127. The van der Waals surface area contributed by atoms with Crippen LogP contribution in [0.15, 0.2) is 0 Å². The highest BCUT2D eigenvalue weighted by molar-refractivity contribution is 14.1. The lowest BCUT2D eigenvalue weighted by Gasteiger charge is -2.05. The minimum Gasteiger partial charge on any atom is -0.476 e. The molecule has 0 saturated heterocycles. The van der Waals surface area contributed by atoms with Crippen LogP contribution >= 0.6 is 22.6 Å². The average Bonchev–Trinajstić information content (AvgIpc) is 2.26. The number of hydrogen-bond acceptors (Lipinski definition) is 6. The number of hydrogen-bond donors (Lipinski definition) is 0. The molecule has 0 N–H and O–H groups in total. The van der Waals surface area contributed by atoms with Crippen molar-refractivity contribution in [2.45, 2.75) is 4.43 Å². The fraction of sp³-hybridized carbons (Fsp3) is 0.429. The van der Waals surface area contributed by atoms with Crippen molar-refractivity contribution in [2.75, 3.05) is 14.2 Å². The first-order chi connectivity index (χ1) is 7.13. The van der Waals surface area contributed by atoms with Gasteiger partial charge in [-0.1, -0.05) is 22.6 Å². The number of aromatic nitrogens is 2. The molecule has 1 rings (SSSR count). The van der Waals surface area contributed by atoms with E-state index in [2.05, 4.69) is 9.97 Å². The summed E-state index contributed by atoms with van der Waals surface area (Å²) in [6.07, 6.45) is 0. The molecular formula is C7H8IN3O4. The van der Waals surface area contributed by atoms with Crippen LogP contribution in [0.3, 0.4) is 0 Å². The van der Waals surface area contributed by atoms with Gasteiger partial charge in [0.1, 0.15) is 5.82 Å². The van der Waals surface area contributed by atoms with Crippen LogP contribution in [-0.2, 0) is 4.43 Å². The molecule has 0 fully saturated rings. The Balaban J connectivity index is 3.39. The number of methoxy groups -OCH3 is 2. The van der Waals surface area contributed by atoms with E-state index >= 15 is 0 Å². The molecule has 0 amide bonds. The number of ether oxygens (including phenoxy) is 2. The predicted octanol–water partition coefficient (Wildman–Crippen LogP) is 1.34. The monoisotopic (exact) mass is 325 g/mol. The van der Waals surface area contributed by atoms with Crippen molar-refractivity contribution in [3.8, 4) is 11.8 Å². The Bertz CT molecular complexity index is 359. The molecule has 1 aromatic heterocycles. The van der Waals surface area contributed by atoms with Gasteiger partial charge in [0.2, 0.25) is 0 Å². The van der Waals surface area contributed by atoms with E-state index in [0.29, 0.717) is 10.3 Å². The molecule has 8 heteroatoms. The van der Waals surface area contributed by atoms with E-state index in [1.54, 1.807) is 0 Å². The SMILES string of the molecule is COc1nc(CI)nc(OC)c1[N+](=O)[O-]. The van der Waals surface area contributed by atoms with Gasteiger partial charge in [0.05, 0.1) is 23.6 Å². The number of halogens is 1. The maximum atomic E-state index is 10.7. The smallest absolute Gasteiger partial charge is 0.392 e. The summed E-state index contributed by atoms with van der Waals surface area (Å²) in [5.41, 5.74) is -0.353. The van der Waals surface area contributed by atoms with Gasteiger partial charge in [-0.15, -0.1) is 0 Å². The second-order valence-corrected chi connectivity index (χ2v) is 3.16. The Morgan fingerprint density at radius 1 is 1.33 bits per heavy atom. The third-order valence-electron chi connectivity index (χ3n) is 1.56. The zero-order valence-corrected chi connectivity index (χ0v) is 10.2. The maximum Gasteiger partial charge on any atom is 0.392 e. The lowest BCUT2D eigenvalue weighted by Crippen LogP contribution is -2.04. The minimum atomic E-state index is -0.630. The number of alkyl halides is 1. The Morgan fingerprint density at radius 3 is 2.07 bits per heavy atom. The molecule has 0 aliphatic carbocycles. The molecule has 0 unspecified atom stereocenters. The summed E-state index contributed by atoms with van der Waals surface area (Å²) in [5, 5.41) is 10.7. The molecule has 0 bridgehead atoms. The predicted molar refractivity (Wildman–Crippen MR) is 59.5 cm³/mol. The minimum absolute atomic E-state index is 0.0847. The molecule has 15 heavy (non-hydrogen) atoms. The van der Waals surface area contributed by atoms with Gasteiger partial charge in [-0.05, 0) is 0 Å². The normalized spacial score (nSPS) is 9.80. The van der Waals surface area contributed by atoms with E-state index in [1.165, 1.54) is 14.2 Å². The van der Waals surface area contributed by atoms with Crippen LogP contribution in [0.5, 0.6) is 11.8 Å². The molecule has 82 valence electrons. The van der Waals surface area contributed by atoms with Gasteiger partial charge in [-0.2, -0.15) is 9.97 Å². The summed E-state index contributed by atoms with van der Waals surface area (Å²) in [6, 6.07) is 0. The van der Waals surface area contributed by atoms with Gasteiger partial charge in [0, 0.05) is 0 Å². The summed E-state index contributed by atoms with van der Waals surface area (Å²) in [4.78, 5) is 17.8. The van der Waals surface area contributed by atoms with Crippen molar-refractivity contribution in [3.63, 3.8) is 0 Å².